The van der Waals surface area contributed by atoms with Crippen molar-refractivity contribution in [3.63, 3.8) is 0 Å². The van der Waals surface area contributed by atoms with Crippen LogP contribution < -0.4 is 5.32 Å². The minimum absolute atomic E-state index is 0.638. The van der Waals surface area contributed by atoms with Crippen molar-refractivity contribution >= 4 is 11.8 Å². The van der Waals surface area contributed by atoms with Gasteiger partial charge in [0.15, 0.2) is 0 Å². The van der Waals surface area contributed by atoms with Gasteiger partial charge in [-0.25, -0.2) is 0 Å². The van der Waals surface area contributed by atoms with Crippen molar-refractivity contribution in [2.75, 3.05) is 12.8 Å². The van der Waals surface area contributed by atoms with Gasteiger partial charge in [0.05, 0.1) is 12.0 Å². The van der Waals surface area contributed by atoms with E-state index in [9.17, 15) is 0 Å². The summed E-state index contributed by atoms with van der Waals surface area (Å²) in [6.07, 6.45) is 4.26. The zero-order chi connectivity index (χ0) is 10.2. The number of rotatable bonds is 7. The molecule has 0 saturated carbocycles. The first-order chi connectivity index (χ1) is 6.83. The lowest BCUT2D eigenvalue weighted by molar-refractivity contribution is 0.530. The molecule has 14 heavy (non-hydrogen) atoms. The summed E-state index contributed by atoms with van der Waals surface area (Å²) in [5.74, 6) is 3.30. The third-order valence-corrected chi connectivity index (χ3v) is 3.31. The molecule has 0 bridgehead atoms. The van der Waals surface area contributed by atoms with E-state index in [1.165, 1.54) is 18.6 Å². The molecule has 1 aromatic rings. The molecule has 0 aliphatic rings. The van der Waals surface area contributed by atoms with Crippen LogP contribution in [0.2, 0.25) is 0 Å². The average Bonchev–Trinajstić information content (AvgIpc) is 2.69. The smallest absolute Gasteiger partial charge is 0.113 e. The number of furan rings is 1. The van der Waals surface area contributed by atoms with Gasteiger partial charge >= 0.3 is 0 Å². The van der Waals surface area contributed by atoms with Crippen LogP contribution in [0.4, 0.5) is 0 Å². The molecule has 0 spiro atoms. The van der Waals surface area contributed by atoms with Crippen LogP contribution in [0.15, 0.2) is 22.8 Å². The van der Waals surface area contributed by atoms with E-state index in [2.05, 4.69) is 12.2 Å². The first kappa shape index (κ1) is 11.7. The number of hydrogen-bond acceptors (Lipinski definition) is 3. The summed E-state index contributed by atoms with van der Waals surface area (Å²) in [4.78, 5) is 0. The Hall–Kier alpha value is -0.410. The Morgan fingerprint density at radius 1 is 1.57 bits per heavy atom. The molecule has 1 heterocycles. The van der Waals surface area contributed by atoms with Crippen LogP contribution >= 0.6 is 11.8 Å². The highest BCUT2D eigenvalue weighted by Gasteiger charge is 1.99. The van der Waals surface area contributed by atoms with Crippen LogP contribution in [0, 0.1) is 0 Å². The first-order valence-electron chi connectivity index (χ1n) is 5.10. The Bertz CT molecular complexity index is 223. The van der Waals surface area contributed by atoms with Crippen LogP contribution in [0.3, 0.4) is 0 Å². The molecule has 0 fully saturated rings. The van der Waals surface area contributed by atoms with Gasteiger partial charge in [0.25, 0.3) is 0 Å². The summed E-state index contributed by atoms with van der Waals surface area (Å²) in [6.45, 7) is 2.22. The molecule has 1 atom stereocenters. The van der Waals surface area contributed by atoms with E-state index >= 15 is 0 Å². The first-order valence-corrected chi connectivity index (χ1v) is 6.26. The molecule has 1 rings (SSSR count). The molecule has 1 aromatic heterocycles. The SMILES string of the molecule is CNC(C)CCCSCc1ccco1. The van der Waals surface area contributed by atoms with E-state index < -0.39 is 0 Å². The topological polar surface area (TPSA) is 25.2 Å². The fourth-order valence-corrected chi connectivity index (χ4v) is 2.08. The normalized spacial score (nSPS) is 13.0. The molecule has 1 N–H and O–H groups in total. The summed E-state index contributed by atoms with van der Waals surface area (Å²) in [5.41, 5.74) is 0. The molecule has 1 unspecified atom stereocenters. The lowest BCUT2D eigenvalue weighted by Gasteiger charge is -2.08. The van der Waals surface area contributed by atoms with Crippen LogP contribution in [0.25, 0.3) is 0 Å². The third-order valence-electron chi connectivity index (χ3n) is 2.24. The highest BCUT2D eigenvalue weighted by atomic mass is 32.2. The molecule has 0 aliphatic carbocycles. The second-order valence-electron chi connectivity index (χ2n) is 3.46. The van der Waals surface area contributed by atoms with Gasteiger partial charge in [-0.1, -0.05) is 0 Å². The minimum atomic E-state index is 0.638. The molecule has 0 amide bonds. The third kappa shape index (κ3) is 4.72. The lowest BCUT2D eigenvalue weighted by atomic mass is 10.2. The van der Waals surface area contributed by atoms with Gasteiger partial charge in [-0.05, 0) is 44.7 Å². The zero-order valence-electron chi connectivity index (χ0n) is 8.95. The van der Waals surface area contributed by atoms with Crippen LogP contribution in [0.5, 0.6) is 0 Å². The molecular formula is C11H19NOS. The molecule has 0 aliphatic heterocycles. The Morgan fingerprint density at radius 2 is 2.43 bits per heavy atom. The maximum absolute atomic E-state index is 5.25. The van der Waals surface area contributed by atoms with Crippen molar-refractivity contribution in [3.8, 4) is 0 Å². The van der Waals surface area contributed by atoms with Crippen molar-refractivity contribution in [2.24, 2.45) is 0 Å². The van der Waals surface area contributed by atoms with Crippen LogP contribution in [-0.4, -0.2) is 18.8 Å². The highest BCUT2D eigenvalue weighted by molar-refractivity contribution is 7.98. The summed E-state index contributed by atoms with van der Waals surface area (Å²) >= 11 is 1.94. The molecule has 0 radical (unpaired) electrons. The largest absolute Gasteiger partial charge is 0.468 e. The maximum atomic E-state index is 5.25. The summed E-state index contributed by atoms with van der Waals surface area (Å²) in [6, 6.07) is 4.61. The molecule has 0 aromatic carbocycles. The predicted molar refractivity (Wildman–Crippen MR) is 62.6 cm³/mol. The molecule has 80 valence electrons. The highest BCUT2D eigenvalue weighted by Crippen LogP contribution is 2.14. The maximum Gasteiger partial charge on any atom is 0.113 e. The van der Waals surface area contributed by atoms with Crippen LogP contribution in [0.1, 0.15) is 25.5 Å². The predicted octanol–water partition coefficient (Wildman–Crippen LogP) is 2.90. The average molecular weight is 213 g/mol. The second kappa shape index (κ2) is 6.96. The fourth-order valence-electron chi connectivity index (χ4n) is 1.20. The molecule has 3 heteroatoms. The van der Waals surface area contributed by atoms with Crippen LogP contribution in [-0.2, 0) is 5.75 Å². The van der Waals surface area contributed by atoms with Gasteiger partial charge in [-0.2, -0.15) is 11.8 Å². The molecular weight excluding hydrogens is 194 g/mol. The molecule has 0 saturated heterocycles. The van der Waals surface area contributed by atoms with Crippen molar-refractivity contribution in [1.29, 1.82) is 0 Å². The van der Waals surface area contributed by atoms with E-state index in [1.54, 1.807) is 6.26 Å². The minimum Gasteiger partial charge on any atom is -0.468 e. The van der Waals surface area contributed by atoms with Gasteiger partial charge in [-0.15, -0.1) is 0 Å². The number of hydrogen-bond donors (Lipinski definition) is 1. The van der Waals surface area contributed by atoms with E-state index in [4.69, 9.17) is 4.42 Å². The number of nitrogens with one attached hydrogen (secondary N) is 1. The molecule has 2 nitrogen and oxygen atoms in total. The number of thioether (sulfide) groups is 1. The quantitative estimate of drug-likeness (QED) is 0.705. The van der Waals surface area contributed by atoms with Gasteiger partial charge < -0.3 is 9.73 Å². The van der Waals surface area contributed by atoms with Crippen molar-refractivity contribution < 1.29 is 4.42 Å². The monoisotopic (exact) mass is 213 g/mol. The second-order valence-corrected chi connectivity index (χ2v) is 4.57. The van der Waals surface area contributed by atoms with Gasteiger partial charge in [0, 0.05) is 6.04 Å². The Labute approximate surface area is 90.5 Å². The van der Waals surface area contributed by atoms with Crippen molar-refractivity contribution in [3.05, 3.63) is 24.2 Å². The van der Waals surface area contributed by atoms with Gasteiger partial charge in [-0.3, -0.25) is 0 Å². The lowest BCUT2D eigenvalue weighted by Crippen LogP contribution is -2.20. The standard InChI is InChI=1S/C11H19NOS/c1-10(12-2)5-4-8-14-9-11-6-3-7-13-11/h3,6-7,10,12H,4-5,8-9H2,1-2H3. The Morgan fingerprint density at radius 3 is 3.07 bits per heavy atom. The summed E-state index contributed by atoms with van der Waals surface area (Å²) < 4.78 is 5.25. The van der Waals surface area contributed by atoms with Gasteiger partial charge in [0.1, 0.15) is 5.76 Å². The fraction of sp³-hybridized carbons (Fsp3) is 0.636. The Kier molecular flexibility index (Phi) is 5.80. The summed E-state index contributed by atoms with van der Waals surface area (Å²) in [5, 5.41) is 3.24. The van der Waals surface area contributed by atoms with Crippen molar-refractivity contribution in [2.45, 2.75) is 31.6 Å². The van der Waals surface area contributed by atoms with Gasteiger partial charge in [0.2, 0.25) is 0 Å². The zero-order valence-corrected chi connectivity index (χ0v) is 9.77. The summed E-state index contributed by atoms with van der Waals surface area (Å²) in [7, 11) is 2.01. The van der Waals surface area contributed by atoms with Crippen molar-refractivity contribution in [1.82, 2.24) is 5.32 Å². The Balaban J connectivity index is 1.95. The van der Waals surface area contributed by atoms with E-state index in [0.717, 1.165) is 11.5 Å². The van der Waals surface area contributed by atoms with E-state index in [1.807, 2.05) is 30.9 Å². The van der Waals surface area contributed by atoms with E-state index in [0.29, 0.717) is 6.04 Å². The van der Waals surface area contributed by atoms with E-state index in [-0.39, 0.29) is 0 Å².